The number of nitrogens with one attached hydrogen (secondary N) is 1. The summed E-state index contributed by atoms with van der Waals surface area (Å²) in [5.74, 6) is 0.373. The van der Waals surface area contributed by atoms with E-state index in [-0.39, 0.29) is 5.91 Å². The average Bonchev–Trinajstić information content (AvgIpc) is 3.15. The van der Waals surface area contributed by atoms with Crippen LogP contribution in [0.3, 0.4) is 0 Å². The average molecular weight is 371 g/mol. The molecular weight excluding hydrogens is 354 g/mol. The van der Waals surface area contributed by atoms with Crippen LogP contribution < -0.4 is 5.32 Å². The number of azo groups is 1. The summed E-state index contributed by atoms with van der Waals surface area (Å²) in [5.41, 5.74) is 3.32. The molecule has 2 aromatic heterocycles. The number of aromatic nitrogens is 4. The van der Waals surface area contributed by atoms with Gasteiger partial charge in [-0.1, -0.05) is 30.3 Å². The van der Waals surface area contributed by atoms with E-state index in [1.54, 1.807) is 10.9 Å². The third-order valence-electron chi connectivity index (χ3n) is 4.04. The Bertz CT molecular complexity index is 1130. The van der Waals surface area contributed by atoms with Gasteiger partial charge in [0.15, 0.2) is 11.5 Å². The van der Waals surface area contributed by atoms with Crippen molar-refractivity contribution in [1.29, 1.82) is 0 Å². The van der Waals surface area contributed by atoms with Crippen LogP contribution in [-0.2, 0) is 11.3 Å². The van der Waals surface area contributed by atoms with Crippen LogP contribution in [0, 0.1) is 0 Å². The normalized spacial score (nSPS) is 11.2. The second-order valence-electron chi connectivity index (χ2n) is 6.10. The summed E-state index contributed by atoms with van der Waals surface area (Å²) in [6, 6.07) is 17.2. The third kappa shape index (κ3) is 3.75. The standard InChI is InChI=1S/C20H17N7O/c1-14(28)25-16-9-7-15(8-10-16)11-23-26-19-18-12-24-27(20(18)22-13-21-19)17-5-3-2-4-6-17/h2-10,12-13H,11H2,1H3,(H,25,28). The lowest BCUT2D eigenvalue weighted by Crippen LogP contribution is -2.05. The number of rotatable bonds is 5. The van der Waals surface area contributed by atoms with E-state index in [1.165, 1.54) is 13.3 Å². The van der Waals surface area contributed by atoms with Gasteiger partial charge in [-0.2, -0.15) is 10.2 Å². The first-order valence-corrected chi connectivity index (χ1v) is 8.69. The van der Waals surface area contributed by atoms with E-state index >= 15 is 0 Å². The van der Waals surface area contributed by atoms with Crippen LogP contribution in [0.15, 0.2) is 77.3 Å². The number of hydrogen-bond donors (Lipinski definition) is 1. The Labute approximate surface area is 161 Å². The van der Waals surface area contributed by atoms with Gasteiger partial charge in [0.1, 0.15) is 6.33 Å². The molecular formula is C20H17N7O. The zero-order valence-corrected chi connectivity index (χ0v) is 15.1. The highest BCUT2D eigenvalue weighted by atomic mass is 16.1. The molecule has 0 unspecified atom stereocenters. The monoisotopic (exact) mass is 371 g/mol. The lowest BCUT2D eigenvalue weighted by molar-refractivity contribution is -0.114. The predicted molar refractivity (Wildman–Crippen MR) is 106 cm³/mol. The highest BCUT2D eigenvalue weighted by Crippen LogP contribution is 2.24. The SMILES string of the molecule is CC(=O)Nc1ccc(CN=Nc2ncnc3c2cnn3-c2ccccc2)cc1. The maximum Gasteiger partial charge on any atom is 0.221 e. The fourth-order valence-corrected chi connectivity index (χ4v) is 2.75. The fourth-order valence-electron chi connectivity index (χ4n) is 2.75. The highest BCUT2D eigenvalue weighted by Gasteiger charge is 2.10. The molecule has 2 heterocycles. The van der Waals surface area contributed by atoms with E-state index in [2.05, 4.69) is 30.6 Å². The Balaban J connectivity index is 1.53. The van der Waals surface area contributed by atoms with Crippen molar-refractivity contribution in [2.75, 3.05) is 5.32 Å². The molecule has 138 valence electrons. The molecule has 0 fully saturated rings. The van der Waals surface area contributed by atoms with Gasteiger partial charge in [0, 0.05) is 12.6 Å². The molecule has 0 aliphatic rings. The zero-order chi connectivity index (χ0) is 19.3. The number of hydrogen-bond acceptors (Lipinski definition) is 6. The van der Waals surface area contributed by atoms with Crippen molar-refractivity contribution < 1.29 is 4.79 Å². The largest absolute Gasteiger partial charge is 0.326 e. The molecule has 0 bridgehead atoms. The van der Waals surface area contributed by atoms with E-state index in [0.29, 0.717) is 18.0 Å². The van der Waals surface area contributed by atoms with Crippen LogP contribution in [0.1, 0.15) is 12.5 Å². The van der Waals surface area contributed by atoms with Gasteiger partial charge in [0.05, 0.1) is 23.8 Å². The van der Waals surface area contributed by atoms with Crippen molar-refractivity contribution in [2.45, 2.75) is 13.5 Å². The van der Waals surface area contributed by atoms with E-state index in [0.717, 1.165) is 22.3 Å². The van der Waals surface area contributed by atoms with Crippen LogP contribution in [0.25, 0.3) is 16.7 Å². The van der Waals surface area contributed by atoms with Crippen molar-refractivity contribution in [2.24, 2.45) is 10.2 Å². The predicted octanol–water partition coefficient (Wildman–Crippen LogP) is 4.06. The van der Waals surface area contributed by atoms with Gasteiger partial charge < -0.3 is 5.32 Å². The van der Waals surface area contributed by atoms with Crippen LogP contribution >= 0.6 is 0 Å². The Kier molecular flexibility index (Phi) is 4.83. The first kappa shape index (κ1) is 17.5. The van der Waals surface area contributed by atoms with Crippen molar-refractivity contribution in [3.05, 3.63) is 72.7 Å². The van der Waals surface area contributed by atoms with Crippen LogP contribution in [0.5, 0.6) is 0 Å². The summed E-state index contributed by atoms with van der Waals surface area (Å²) < 4.78 is 1.75. The molecule has 4 rings (SSSR count). The molecule has 4 aromatic rings. The van der Waals surface area contributed by atoms with E-state index < -0.39 is 0 Å². The van der Waals surface area contributed by atoms with Crippen molar-refractivity contribution >= 4 is 28.4 Å². The Hall–Kier alpha value is -3.94. The van der Waals surface area contributed by atoms with Gasteiger partial charge >= 0.3 is 0 Å². The summed E-state index contributed by atoms with van der Waals surface area (Å²) >= 11 is 0. The number of anilines is 1. The quantitative estimate of drug-likeness (QED) is 0.535. The van der Waals surface area contributed by atoms with E-state index in [4.69, 9.17) is 0 Å². The van der Waals surface area contributed by atoms with Gasteiger partial charge in [-0.05, 0) is 29.8 Å². The molecule has 0 saturated carbocycles. The number of fused-ring (bicyclic) bond motifs is 1. The minimum absolute atomic E-state index is 0.101. The molecule has 1 N–H and O–H groups in total. The summed E-state index contributed by atoms with van der Waals surface area (Å²) in [5, 5.41) is 16.4. The summed E-state index contributed by atoms with van der Waals surface area (Å²) in [6.07, 6.45) is 3.15. The maximum absolute atomic E-state index is 11.1. The smallest absolute Gasteiger partial charge is 0.221 e. The molecule has 2 aromatic carbocycles. The number of benzene rings is 2. The van der Waals surface area contributed by atoms with Crippen molar-refractivity contribution in [3.63, 3.8) is 0 Å². The molecule has 1 amide bonds. The van der Waals surface area contributed by atoms with Gasteiger partial charge in [-0.15, -0.1) is 5.11 Å². The molecule has 0 atom stereocenters. The third-order valence-corrected chi connectivity index (χ3v) is 4.04. The lowest BCUT2D eigenvalue weighted by Gasteiger charge is -2.02. The molecule has 0 saturated heterocycles. The van der Waals surface area contributed by atoms with Crippen LogP contribution in [0.2, 0.25) is 0 Å². The number of amides is 1. The van der Waals surface area contributed by atoms with Crippen LogP contribution in [0.4, 0.5) is 11.5 Å². The molecule has 8 heteroatoms. The zero-order valence-electron chi connectivity index (χ0n) is 15.1. The molecule has 8 nitrogen and oxygen atoms in total. The summed E-state index contributed by atoms with van der Waals surface area (Å²) in [6.45, 7) is 1.88. The first-order chi connectivity index (χ1) is 13.7. The Morgan fingerprint density at radius 3 is 2.61 bits per heavy atom. The van der Waals surface area contributed by atoms with Gasteiger partial charge in [0.25, 0.3) is 0 Å². The van der Waals surface area contributed by atoms with E-state index in [9.17, 15) is 4.79 Å². The molecule has 28 heavy (non-hydrogen) atoms. The van der Waals surface area contributed by atoms with Crippen molar-refractivity contribution in [3.8, 4) is 5.69 Å². The second kappa shape index (κ2) is 7.75. The number of para-hydroxylation sites is 1. The summed E-state index contributed by atoms with van der Waals surface area (Å²) in [7, 11) is 0. The maximum atomic E-state index is 11.1. The second-order valence-corrected chi connectivity index (χ2v) is 6.10. The lowest BCUT2D eigenvalue weighted by atomic mass is 10.2. The van der Waals surface area contributed by atoms with Gasteiger partial charge in [-0.3, -0.25) is 4.79 Å². The first-order valence-electron chi connectivity index (χ1n) is 8.69. The molecule has 0 aliphatic heterocycles. The number of carbonyl (C=O) groups is 1. The topological polar surface area (TPSA) is 97.4 Å². The fraction of sp³-hybridized carbons (Fsp3) is 0.100. The Morgan fingerprint density at radius 1 is 1.07 bits per heavy atom. The summed E-state index contributed by atoms with van der Waals surface area (Å²) in [4.78, 5) is 19.6. The Morgan fingerprint density at radius 2 is 1.86 bits per heavy atom. The number of carbonyl (C=O) groups excluding carboxylic acids is 1. The van der Waals surface area contributed by atoms with Crippen molar-refractivity contribution in [1.82, 2.24) is 19.7 Å². The van der Waals surface area contributed by atoms with Gasteiger partial charge in [0.2, 0.25) is 5.91 Å². The van der Waals surface area contributed by atoms with Gasteiger partial charge in [-0.25, -0.2) is 14.6 Å². The molecule has 0 spiro atoms. The minimum atomic E-state index is -0.101. The number of nitrogens with zero attached hydrogens (tertiary/aromatic N) is 6. The highest BCUT2D eigenvalue weighted by molar-refractivity contribution is 5.88. The van der Waals surface area contributed by atoms with E-state index in [1.807, 2.05) is 54.6 Å². The minimum Gasteiger partial charge on any atom is -0.326 e. The molecule has 0 aliphatic carbocycles. The molecule has 0 radical (unpaired) electrons. The van der Waals surface area contributed by atoms with Crippen LogP contribution in [-0.4, -0.2) is 25.7 Å².